The zero-order valence-electron chi connectivity index (χ0n) is 16.8. The Morgan fingerprint density at radius 2 is 1.68 bits per heavy atom. The second kappa shape index (κ2) is 8.93. The number of ether oxygens (including phenoxy) is 1. The van der Waals surface area contributed by atoms with E-state index < -0.39 is 28.7 Å². The van der Waals surface area contributed by atoms with Crippen LogP contribution in [-0.4, -0.2) is 18.9 Å². The number of carbonyl (C=O) groups is 1. The minimum Gasteiger partial charge on any atom is -0.384 e. The molecule has 3 aromatic rings. The van der Waals surface area contributed by atoms with Gasteiger partial charge in [0.2, 0.25) is 0 Å². The van der Waals surface area contributed by atoms with Crippen LogP contribution in [0.2, 0.25) is 0 Å². The van der Waals surface area contributed by atoms with Crippen LogP contribution in [0.1, 0.15) is 16.7 Å². The Hall–Kier alpha value is -3.78. The number of nitrogens with one attached hydrogen (secondary N) is 2. The largest absolute Gasteiger partial charge is 0.384 e. The molecule has 1 amide bonds. The van der Waals surface area contributed by atoms with Gasteiger partial charge in [-0.2, -0.15) is 0 Å². The Labute approximate surface area is 178 Å². The molecule has 0 radical (unpaired) electrons. The van der Waals surface area contributed by atoms with Gasteiger partial charge in [0, 0.05) is 24.8 Å². The zero-order valence-corrected chi connectivity index (χ0v) is 16.8. The van der Waals surface area contributed by atoms with Crippen molar-refractivity contribution in [3.63, 3.8) is 0 Å². The second-order valence-electron chi connectivity index (χ2n) is 6.96. The number of hydrogen-bond donors (Lipinski definition) is 4. The molecule has 6 N–H and O–H groups in total. The van der Waals surface area contributed by atoms with Crippen molar-refractivity contribution >= 4 is 23.1 Å². The lowest BCUT2D eigenvalue weighted by atomic mass is 9.84. The molecule has 0 fully saturated rings. The van der Waals surface area contributed by atoms with E-state index in [1.54, 1.807) is 54.6 Å². The number of amidine groups is 1. The van der Waals surface area contributed by atoms with Crippen LogP contribution >= 0.6 is 0 Å². The minimum atomic E-state index is -2.10. The summed E-state index contributed by atoms with van der Waals surface area (Å²) >= 11 is 0. The molecule has 0 saturated heterocycles. The van der Waals surface area contributed by atoms with E-state index >= 15 is 4.39 Å². The maximum absolute atomic E-state index is 15.5. The molecule has 3 rings (SSSR count). The SMILES string of the molecule is COC(Cc1ccc(C(=N)N)cc1)(C(N)=O)c1c(F)ccc(Nc2ccccc2)c1F. The molecule has 0 aromatic heterocycles. The van der Waals surface area contributed by atoms with Gasteiger partial charge in [-0.1, -0.05) is 42.5 Å². The molecular formula is C23H22F2N4O2. The highest BCUT2D eigenvalue weighted by atomic mass is 19.1. The van der Waals surface area contributed by atoms with Crippen molar-refractivity contribution in [3.05, 3.63) is 95.1 Å². The normalized spacial score (nSPS) is 12.7. The topological polar surface area (TPSA) is 114 Å². The zero-order chi connectivity index (χ0) is 22.6. The van der Waals surface area contributed by atoms with Crippen LogP contribution in [0.3, 0.4) is 0 Å². The number of methoxy groups -OCH3 is 1. The van der Waals surface area contributed by atoms with Crippen LogP contribution in [0.4, 0.5) is 20.2 Å². The third-order valence-corrected chi connectivity index (χ3v) is 5.01. The molecule has 0 aliphatic rings. The number of halogens is 2. The van der Waals surface area contributed by atoms with Gasteiger partial charge in [0.1, 0.15) is 11.7 Å². The molecule has 1 unspecified atom stereocenters. The van der Waals surface area contributed by atoms with Gasteiger partial charge < -0.3 is 21.5 Å². The van der Waals surface area contributed by atoms with Crippen molar-refractivity contribution in [1.29, 1.82) is 5.41 Å². The molecule has 0 saturated carbocycles. The summed E-state index contributed by atoms with van der Waals surface area (Å²) in [7, 11) is 1.17. The van der Waals surface area contributed by atoms with Crippen LogP contribution in [0, 0.1) is 17.0 Å². The molecule has 1 atom stereocenters. The lowest BCUT2D eigenvalue weighted by molar-refractivity contribution is -0.142. The number of para-hydroxylation sites is 1. The first-order chi connectivity index (χ1) is 14.8. The van der Waals surface area contributed by atoms with Crippen molar-refractivity contribution in [2.24, 2.45) is 11.5 Å². The fourth-order valence-corrected chi connectivity index (χ4v) is 3.36. The first-order valence-corrected chi connectivity index (χ1v) is 9.37. The summed E-state index contributed by atoms with van der Waals surface area (Å²) in [5.74, 6) is -3.11. The Bertz CT molecular complexity index is 1100. The van der Waals surface area contributed by atoms with Crippen molar-refractivity contribution < 1.29 is 18.3 Å². The fourth-order valence-electron chi connectivity index (χ4n) is 3.36. The summed E-state index contributed by atoms with van der Waals surface area (Å²) in [6.45, 7) is 0. The Balaban J connectivity index is 2.08. The number of nitrogens with two attached hydrogens (primary N) is 2. The van der Waals surface area contributed by atoms with Crippen LogP contribution in [0.25, 0.3) is 0 Å². The fraction of sp³-hybridized carbons (Fsp3) is 0.130. The maximum Gasteiger partial charge on any atom is 0.254 e. The van der Waals surface area contributed by atoms with Gasteiger partial charge in [-0.05, 0) is 29.8 Å². The molecule has 0 aliphatic carbocycles. The monoisotopic (exact) mass is 424 g/mol. The summed E-state index contributed by atoms with van der Waals surface area (Å²) in [6.07, 6.45) is -0.223. The number of benzene rings is 3. The molecular weight excluding hydrogens is 402 g/mol. The summed E-state index contributed by atoms with van der Waals surface area (Å²) in [5, 5.41) is 10.3. The minimum absolute atomic E-state index is 0.0304. The van der Waals surface area contributed by atoms with E-state index in [1.807, 2.05) is 0 Å². The lowest BCUT2D eigenvalue weighted by Crippen LogP contribution is -2.46. The van der Waals surface area contributed by atoms with Gasteiger partial charge in [-0.3, -0.25) is 10.2 Å². The van der Waals surface area contributed by atoms with E-state index in [1.165, 1.54) is 13.2 Å². The molecule has 31 heavy (non-hydrogen) atoms. The van der Waals surface area contributed by atoms with E-state index in [9.17, 15) is 9.18 Å². The number of amides is 1. The van der Waals surface area contributed by atoms with Crippen LogP contribution in [-0.2, 0) is 21.6 Å². The van der Waals surface area contributed by atoms with Gasteiger partial charge >= 0.3 is 0 Å². The molecule has 8 heteroatoms. The molecule has 0 aliphatic heterocycles. The first-order valence-electron chi connectivity index (χ1n) is 9.37. The predicted molar refractivity (Wildman–Crippen MR) is 115 cm³/mol. The van der Waals surface area contributed by atoms with Gasteiger partial charge in [0.15, 0.2) is 11.4 Å². The van der Waals surface area contributed by atoms with Crippen molar-refractivity contribution in [3.8, 4) is 0 Å². The summed E-state index contributed by atoms with van der Waals surface area (Å²) in [5.41, 5.74) is 9.93. The number of anilines is 2. The summed E-state index contributed by atoms with van der Waals surface area (Å²) in [6, 6.07) is 17.4. The van der Waals surface area contributed by atoms with Gasteiger partial charge in [-0.25, -0.2) is 8.78 Å². The van der Waals surface area contributed by atoms with Crippen LogP contribution in [0.5, 0.6) is 0 Å². The highest BCUT2D eigenvalue weighted by Crippen LogP contribution is 2.37. The van der Waals surface area contributed by atoms with Crippen molar-refractivity contribution in [2.45, 2.75) is 12.0 Å². The van der Waals surface area contributed by atoms with E-state index in [2.05, 4.69) is 5.32 Å². The number of hydrogen-bond acceptors (Lipinski definition) is 4. The van der Waals surface area contributed by atoms with E-state index in [4.69, 9.17) is 21.6 Å². The summed E-state index contributed by atoms with van der Waals surface area (Å²) < 4.78 is 35.8. The van der Waals surface area contributed by atoms with E-state index in [0.717, 1.165) is 6.07 Å². The quantitative estimate of drug-likeness (QED) is 0.327. The lowest BCUT2D eigenvalue weighted by Gasteiger charge is -2.31. The standard InChI is InChI=1S/C23H22F2N4O2/c1-31-23(22(28)30,13-14-7-9-15(10-8-14)21(26)27)19-17(24)11-12-18(20(19)25)29-16-5-3-2-4-6-16/h2-12,29H,13H2,1H3,(H3,26,27)(H2,28,30). The van der Waals surface area contributed by atoms with Gasteiger partial charge in [0.05, 0.1) is 11.3 Å². The Morgan fingerprint density at radius 3 is 2.23 bits per heavy atom. The smallest absolute Gasteiger partial charge is 0.254 e. The third-order valence-electron chi connectivity index (χ3n) is 5.01. The van der Waals surface area contributed by atoms with Gasteiger partial charge in [0.25, 0.3) is 5.91 Å². The average molecular weight is 424 g/mol. The highest BCUT2D eigenvalue weighted by Gasteiger charge is 2.44. The van der Waals surface area contributed by atoms with E-state index in [0.29, 0.717) is 16.8 Å². The third kappa shape index (κ3) is 4.39. The molecule has 0 spiro atoms. The number of nitrogen functional groups attached to an aromatic ring is 1. The Kier molecular flexibility index (Phi) is 6.31. The van der Waals surface area contributed by atoms with Crippen LogP contribution in [0.15, 0.2) is 66.7 Å². The molecule has 160 valence electrons. The first kappa shape index (κ1) is 21.9. The number of rotatable bonds is 8. The average Bonchev–Trinajstić information content (AvgIpc) is 2.76. The van der Waals surface area contributed by atoms with Crippen molar-refractivity contribution in [1.82, 2.24) is 0 Å². The maximum atomic E-state index is 15.5. The Morgan fingerprint density at radius 1 is 1.03 bits per heavy atom. The van der Waals surface area contributed by atoms with E-state index in [-0.39, 0.29) is 17.9 Å². The second-order valence-corrected chi connectivity index (χ2v) is 6.96. The molecule has 6 nitrogen and oxygen atoms in total. The highest BCUT2D eigenvalue weighted by molar-refractivity contribution is 5.95. The number of carbonyl (C=O) groups excluding carboxylic acids is 1. The van der Waals surface area contributed by atoms with Crippen molar-refractivity contribution in [2.75, 3.05) is 12.4 Å². The molecule has 0 bridgehead atoms. The summed E-state index contributed by atoms with van der Waals surface area (Å²) in [4.78, 5) is 12.5. The number of primary amides is 1. The van der Waals surface area contributed by atoms with Gasteiger partial charge in [-0.15, -0.1) is 0 Å². The van der Waals surface area contributed by atoms with Crippen LogP contribution < -0.4 is 16.8 Å². The molecule has 0 heterocycles. The predicted octanol–water partition coefficient (Wildman–Crippen LogP) is 3.56. The molecule has 3 aromatic carbocycles.